The molecule has 4 nitrogen and oxygen atoms in total. The number of anilines is 1. The largest absolute Gasteiger partial charge is 0.444 e. The highest BCUT2D eigenvalue weighted by atomic mass is 16.6. The molecular formula is C15H22N2O2. The number of aryl methyl sites for hydroxylation is 1. The molecule has 2 N–H and O–H groups in total. The molecule has 2 rings (SSSR count). The second kappa shape index (κ2) is 5.21. The van der Waals surface area contributed by atoms with Gasteiger partial charge in [0, 0.05) is 11.7 Å². The van der Waals surface area contributed by atoms with Crippen LogP contribution in [-0.4, -0.2) is 18.2 Å². The van der Waals surface area contributed by atoms with Gasteiger partial charge in [0.1, 0.15) is 5.60 Å². The molecule has 1 fully saturated rings. The first-order valence-electron chi connectivity index (χ1n) is 6.69. The van der Waals surface area contributed by atoms with Gasteiger partial charge < -0.3 is 10.1 Å². The highest BCUT2D eigenvalue weighted by Gasteiger charge is 2.20. The lowest BCUT2D eigenvalue weighted by Gasteiger charge is -2.28. The minimum atomic E-state index is -0.481. The third kappa shape index (κ3) is 3.70. The van der Waals surface area contributed by atoms with Crippen molar-refractivity contribution in [3.63, 3.8) is 0 Å². The van der Waals surface area contributed by atoms with Crippen molar-refractivity contribution in [2.75, 3.05) is 11.9 Å². The lowest BCUT2D eigenvalue weighted by molar-refractivity contribution is 0.0636. The van der Waals surface area contributed by atoms with Crippen molar-refractivity contribution in [1.29, 1.82) is 0 Å². The van der Waals surface area contributed by atoms with E-state index in [9.17, 15) is 4.79 Å². The quantitative estimate of drug-likeness (QED) is 0.859. The van der Waals surface area contributed by atoms with Crippen LogP contribution in [0.5, 0.6) is 0 Å². The summed E-state index contributed by atoms with van der Waals surface area (Å²) in [5.41, 5.74) is 2.59. The smallest absolute Gasteiger partial charge is 0.412 e. The molecule has 1 aliphatic rings. The first kappa shape index (κ1) is 13.9. The van der Waals surface area contributed by atoms with E-state index in [-0.39, 0.29) is 0 Å². The molecule has 1 atom stereocenters. The zero-order chi connectivity index (χ0) is 14.0. The first-order chi connectivity index (χ1) is 8.85. The van der Waals surface area contributed by atoms with Gasteiger partial charge >= 0.3 is 6.09 Å². The highest BCUT2D eigenvalue weighted by Crippen LogP contribution is 2.27. The molecule has 1 unspecified atom stereocenters. The number of hydrogen-bond acceptors (Lipinski definition) is 3. The molecule has 1 aromatic rings. The van der Waals surface area contributed by atoms with E-state index in [0.717, 1.165) is 24.2 Å². The minimum absolute atomic E-state index is 0.408. The lowest BCUT2D eigenvalue weighted by Crippen LogP contribution is -2.35. The molecular weight excluding hydrogens is 240 g/mol. The predicted octanol–water partition coefficient (Wildman–Crippen LogP) is 3.38. The molecule has 0 radical (unpaired) electrons. The Labute approximate surface area is 114 Å². The van der Waals surface area contributed by atoms with Gasteiger partial charge in [-0.05, 0) is 57.9 Å². The highest BCUT2D eigenvalue weighted by molar-refractivity contribution is 5.86. The summed E-state index contributed by atoms with van der Waals surface area (Å²) in [6.45, 7) is 8.61. The Morgan fingerprint density at radius 3 is 2.63 bits per heavy atom. The monoisotopic (exact) mass is 262 g/mol. The molecule has 1 amide bonds. The summed E-state index contributed by atoms with van der Waals surface area (Å²) in [5, 5.41) is 6.18. The summed E-state index contributed by atoms with van der Waals surface area (Å²) < 4.78 is 5.27. The SMILES string of the molecule is Cc1ccc(C2CCN2)cc1NC(=O)OC(C)(C)C. The third-order valence-electron chi connectivity index (χ3n) is 3.12. The lowest BCUT2D eigenvalue weighted by atomic mass is 9.96. The normalized spacial score (nSPS) is 18.6. The van der Waals surface area contributed by atoms with Crippen molar-refractivity contribution >= 4 is 11.8 Å². The number of nitrogens with one attached hydrogen (secondary N) is 2. The van der Waals surface area contributed by atoms with Gasteiger partial charge in [0.05, 0.1) is 0 Å². The van der Waals surface area contributed by atoms with Gasteiger partial charge in [0.2, 0.25) is 0 Å². The Balaban J connectivity index is 2.08. The fraction of sp³-hybridized carbons (Fsp3) is 0.533. The third-order valence-corrected chi connectivity index (χ3v) is 3.12. The van der Waals surface area contributed by atoms with E-state index in [1.54, 1.807) is 0 Å². The van der Waals surface area contributed by atoms with E-state index in [1.165, 1.54) is 5.56 Å². The number of amides is 1. The number of hydrogen-bond donors (Lipinski definition) is 2. The van der Waals surface area contributed by atoms with Crippen LogP contribution in [0.1, 0.15) is 44.4 Å². The second-order valence-corrected chi connectivity index (χ2v) is 6.00. The van der Waals surface area contributed by atoms with Gasteiger partial charge in [0.25, 0.3) is 0 Å². The average molecular weight is 262 g/mol. The summed E-state index contributed by atoms with van der Waals surface area (Å²) >= 11 is 0. The fourth-order valence-electron chi connectivity index (χ4n) is 1.98. The predicted molar refractivity (Wildman–Crippen MR) is 76.4 cm³/mol. The van der Waals surface area contributed by atoms with E-state index < -0.39 is 11.7 Å². The van der Waals surface area contributed by atoms with Crippen LogP contribution in [0.2, 0.25) is 0 Å². The Hall–Kier alpha value is -1.55. The van der Waals surface area contributed by atoms with Crippen molar-refractivity contribution in [2.24, 2.45) is 0 Å². The number of benzene rings is 1. The number of carbonyl (C=O) groups is 1. The van der Waals surface area contributed by atoms with Crippen LogP contribution < -0.4 is 10.6 Å². The van der Waals surface area contributed by atoms with Crippen LogP contribution in [0.3, 0.4) is 0 Å². The average Bonchev–Trinajstić information content (AvgIpc) is 2.17. The number of ether oxygens (including phenoxy) is 1. The molecule has 0 saturated carbocycles. The fourth-order valence-corrected chi connectivity index (χ4v) is 1.98. The van der Waals surface area contributed by atoms with Crippen LogP contribution in [0, 0.1) is 6.92 Å². The van der Waals surface area contributed by atoms with Crippen molar-refractivity contribution in [3.8, 4) is 0 Å². The van der Waals surface area contributed by atoms with Gasteiger partial charge in [-0.2, -0.15) is 0 Å². The maximum absolute atomic E-state index is 11.8. The molecule has 0 aromatic heterocycles. The van der Waals surface area contributed by atoms with E-state index in [1.807, 2.05) is 39.8 Å². The molecule has 104 valence electrons. The molecule has 19 heavy (non-hydrogen) atoms. The summed E-state index contributed by atoms with van der Waals surface area (Å²) in [6, 6.07) is 6.57. The van der Waals surface area contributed by atoms with Crippen LogP contribution >= 0.6 is 0 Å². The maximum Gasteiger partial charge on any atom is 0.412 e. The Kier molecular flexibility index (Phi) is 3.80. The van der Waals surface area contributed by atoms with E-state index in [2.05, 4.69) is 16.7 Å². The van der Waals surface area contributed by atoms with Gasteiger partial charge in [-0.1, -0.05) is 12.1 Å². The van der Waals surface area contributed by atoms with Crippen molar-refractivity contribution in [2.45, 2.75) is 45.8 Å². The maximum atomic E-state index is 11.8. The topological polar surface area (TPSA) is 50.4 Å². The van der Waals surface area contributed by atoms with Gasteiger partial charge in [-0.25, -0.2) is 4.79 Å². The zero-order valence-electron chi connectivity index (χ0n) is 12.0. The minimum Gasteiger partial charge on any atom is -0.444 e. The second-order valence-electron chi connectivity index (χ2n) is 6.00. The van der Waals surface area contributed by atoms with E-state index >= 15 is 0 Å². The molecule has 0 bridgehead atoms. The number of carbonyl (C=O) groups excluding carboxylic acids is 1. The molecule has 1 aliphatic heterocycles. The molecule has 1 aromatic carbocycles. The van der Waals surface area contributed by atoms with Gasteiger partial charge in [-0.15, -0.1) is 0 Å². The summed E-state index contributed by atoms with van der Waals surface area (Å²) in [4.78, 5) is 11.8. The molecule has 0 spiro atoms. The van der Waals surface area contributed by atoms with Gasteiger partial charge in [-0.3, -0.25) is 5.32 Å². The Bertz CT molecular complexity index is 474. The van der Waals surface area contributed by atoms with Crippen LogP contribution in [0.25, 0.3) is 0 Å². The number of rotatable bonds is 2. The van der Waals surface area contributed by atoms with Crippen molar-refractivity contribution in [3.05, 3.63) is 29.3 Å². The standard InChI is InChI=1S/C15H22N2O2/c1-10-5-6-11(12-7-8-16-12)9-13(10)17-14(18)19-15(2,3)4/h5-6,9,12,16H,7-8H2,1-4H3,(H,17,18). The Morgan fingerprint density at radius 2 is 2.11 bits per heavy atom. The molecule has 0 aliphatic carbocycles. The van der Waals surface area contributed by atoms with E-state index in [0.29, 0.717) is 6.04 Å². The summed E-state index contributed by atoms with van der Waals surface area (Å²) in [6.07, 6.45) is 0.740. The zero-order valence-corrected chi connectivity index (χ0v) is 12.0. The van der Waals surface area contributed by atoms with Crippen LogP contribution in [0.15, 0.2) is 18.2 Å². The first-order valence-corrected chi connectivity index (χ1v) is 6.69. The summed E-state index contributed by atoms with van der Waals surface area (Å²) in [5.74, 6) is 0. The molecule has 4 heteroatoms. The summed E-state index contributed by atoms with van der Waals surface area (Å²) in [7, 11) is 0. The van der Waals surface area contributed by atoms with E-state index in [4.69, 9.17) is 4.74 Å². The van der Waals surface area contributed by atoms with Gasteiger partial charge in [0.15, 0.2) is 0 Å². The van der Waals surface area contributed by atoms with Crippen LogP contribution in [-0.2, 0) is 4.74 Å². The van der Waals surface area contributed by atoms with Crippen molar-refractivity contribution < 1.29 is 9.53 Å². The van der Waals surface area contributed by atoms with Crippen molar-refractivity contribution in [1.82, 2.24) is 5.32 Å². The molecule has 1 heterocycles. The molecule has 1 saturated heterocycles. The Morgan fingerprint density at radius 1 is 1.42 bits per heavy atom. The van der Waals surface area contributed by atoms with Crippen LogP contribution in [0.4, 0.5) is 10.5 Å².